The summed E-state index contributed by atoms with van der Waals surface area (Å²) in [6.45, 7) is 4.78. The quantitative estimate of drug-likeness (QED) is 0.376. The van der Waals surface area contributed by atoms with E-state index in [4.69, 9.17) is 6.42 Å². The Kier molecular flexibility index (Phi) is 3.97. The van der Waals surface area contributed by atoms with Crippen molar-refractivity contribution in [2.45, 2.75) is 20.3 Å². The fraction of sp³-hybridized carbons (Fsp3) is 0.571. The van der Waals surface area contributed by atoms with Crippen LogP contribution in [-0.4, -0.2) is 12.3 Å². The lowest BCUT2D eigenvalue weighted by atomic mass is 10.4. The summed E-state index contributed by atoms with van der Waals surface area (Å²) >= 11 is 0. The van der Waals surface area contributed by atoms with Crippen molar-refractivity contribution in [2.75, 3.05) is 6.54 Å². The van der Waals surface area contributed by atoms with Crippen molar-refractivity contribution < 1.29 is 0 Å². The molecule has 0 unspecified atom stereocenters. The molecule has 0 amide bonds. The van der Waals surface area contributed by atoms with Crippen LogP contribution in [0.15, 0.2) is 4.99 Å². The van der Waals surface area contributed by atoms with Gasteiger partial charge in [-0.3, -0.25) is 4.99 Å². The fourth-order valence-electron chi connectivity index (χ4n) is 0.325. The van der Waals surface area contributed by atoms with E-state index >= 15 is 0 Å². The van der Waals surface area contributed by atoms with Crippen LogP contribution >= 0.6 is 0 Å². The molecule has 44 valence electrons. The lowest BCUT2D eigenvalue weighted by Gasteiger charge is -1.85. The van der Waals surface area contributed by atoms with Gasteiger partial charge in [0.1, 0.15) is 0 Å². The van der Waals surface area contributed by atoms with Gasteiger partial charge in [0, 0.05) is 6.54 Å². The van der Waals surface area contributed by atoms with Crippen LogP contribution in [0.25, 0.3) is 0 Å². The second-order valence-electron chi connectivity index (χ2n) is 1.61. The molecule has 0 saturated carbocycles. The van der Waals surface area contributed by atoms with Crippen molar-refractivity contribution in [3.8, 4) is 12.3 Å². The van der Waals surface area contributed by atoms with E-state index in [1.165, 1.54) is 0 Å². The Labute approximate surface area is 50.8 Å². The monoisotopic (exact) mass is 109 g/mol. The largest absolute Gasteiger partial charge is 0.281 e. The molecule has 0 aliphatic heterocycles. The molecule has 0 aliphatic carbocycles. The third kappa shape index (κ3) is 3.42. The predicted octanol–water partition coefficient (Wildman–Crippen LogP) is 1.49. The average Bonchev–Trinajstić information content (AvgIpc) is 1.83. The van der Waals surface area contributed by atoms with Gasteiger partial charge in [-0.2, -0.15) is 0 Å². The van der Waals surface area contributed by atoms with Crippen LogP contribution in [0.2, 0.25) is 0 Å². The molecule has 0 bridgehead atoms. The normalized spacial score (nSPS) is 10.9. The summed E-state index contributed by atoms with van der Waals surface area (Å²) < 4.78 is 0. The Morgan fingerprint density at radius 2 is 2.38 bits per heavy atom. The van der Waals surface area contributed by atoms with E-state index in [0.717, 1.165) is 18.7 Å². The van der Waals surface area contributed by atoms with Gasteiger partial charge < -0.3 is 0 Å². The number of terminal acetylenes is 1. The summed E-state index contributed by atoms with van der Waals surface area (Å²) in [5, 5.41) is 0. The lowest BCUT2D eigenvalue weighted by Crippen LogP contribution is -1.86. The molecule has 0 heterocycles. The Bertz CT molecular complexity index is 117. The standard InChI is InChI=1S/C7H11N/c1-4-6-8-7(3)5-2/h2H,4,6H2,1,3H3. The van der Waals surface area contributed by atoms with Crippen molar-refractivity contribution in [1.29, 1.82) is 0 Å². The molecule has 1 heteroatoms. The van der Waals surface area contributed by atoms with E-state index in [1.807, 2.05) is 6.92 Å². The maximum atomic E-state index is 5.03. The minimum absolute atomic E-state index is 0.798. The smallest absolute Gasteiger partial charge is 0.0810 e. The SMILES string of the molecule is C#CC(C)=NCCC. The van der Waals surface area contributed by atoms with Crippen LogP contribution in [0.4, 0.5) is 0 Å². The number of hydrogen-bond acceptors (Lipinski definition) is 1. The summed E-state index contributed by atoms with van der Waals surface area (Å²) in [4.78, 5) is 4.04. The zero-order valence-corrected chi connectivity index (χ0v) is 5.44. The van der Waals surface area contributed by atoms with E-state index in [0.29, 0.717) is 0 Å². The summed E-state index contributed by atoms with van der Waals surface area (Å²) in [5.41, 5.74) is 0.798. The maximum Gasteiger partial charge on any atom is 0.0810 e. The first kappa shape index (κ1) is 7.23. The minimum Gasteiger partial charge on any atom is -0.281 e. The third-order valence-electron chi connectivity index (χ3n) is 0.781. The van der Waals surface area contributed by atoms with Gasteiger partial charge in [-0.25, -0.2) is 0 Å². The van der Waals surface area contributed by atoms with Gasteiger partial charge in [0.2, 0.25) is 0 Å². The molecule has 0 N–H and O–H groups in total. The van der Waals surface area contributed by atoms with Crippen LogP contribution in [0, 0.1) is 12.3 Å². The van der Waals surface area contributed by atoms with E-state index in [9.17, 15) is 0 Å². The Morgan fingerprint density at radius 1 is 1.75 bits per heavy atom. The molecule has 0 aliphatic rings. The molecule has 0 fully saturated rings. The number of rotatable bonds is 2. The van der Waals surface area contributed by atoms with Crippen LogP contribution in [0.5, 0.6) is 0 Å². The Morgan fingerprint density at radius 3 is 2.75 bits per heavy atom. The van der Waals surface area contributed by atoms with Gasteiger partial charge in [-0.15, -0.1) is 6.42 Å². The second-order valence-corrected chi connectivity index (χ2v) is 1.61. The molecule has 8 heavy (non-hydrogen) atoms. The van der Waals surface area contributed by atoms with Gasteiger partial charge in [-0.1, -0.05) is 12.8 Å². The van der Waals surface area contributed by atoms with Crippen molar-refractivity contribution in [2.24, 2.45) is 4.99 Å². The highest BCUT2D eigenvalue weighted by molar-refractivity contribution is 5.97. The highest BCUT2D eigenvalue weighted by Gasteiger charge is 1.77. The first-order valence-corrected chi connectivity index (χ1v) is 2.79. The van der Waals surface area contributed by atoms with Gasteiger partial charge in [0.05, 0.1) is 5.71 Å². The molecular weight excluding hydrogens is 98.1 g/mol. The lowest BCUT2D eigenvalue weighted by molar-refractivity contribution is 0.933. The highest BCUT2D eigenvalue weighted by atomic mass is 14.7. The Hall–Kier alpha value is -0.770. The Balaban J connectivity index is 3.46. The molecule has 0 spiro atoms. The fourth-order valence-corrected chi connectivity index (χ4v) is 0.325. The van der Waals surface area contributed by atoms with Gasteiger partial charge >= 0.3 is 0 Å². The van der Waals surface area contributed by atoms with Gasteiger partial charge in [0.25, 0.3) is 0 Å². The van der Waals surface area contributed by atoms with Gasteiger partial charge in [-0.05, 0) is 13.3 Å². The van der Waals surface area contributed by atoms with Crippen LogP contribution in [-0.2, 0) is 0 Å². The van der Waals surface area contributed by atoms with Crippen molar-refractivity contribution in [1.82, 2.24) is 0 Å². The summed E-state index contributed by atoms with van der Waals surface area (Å²) in [6, 6.07) is 0. The molecule has 0 rings (SSSR count). The first-order valence-electron chi connectivity index (χ1n) is 2.79. The zero-order chi connectivity index (χ0) is 6.41. The molecule has 0 radical (unpaired) electrons. The molecule has 0 aromatic rings. The molecule has 0 aromatic carbocycles. The highest BCUT2D eigenvalue weighted by Crippen LogP contribution is 1.79. The van der Waals surface area contributed by atoms with Gasteiger partial charge in [0.15, 0.2) is 0 Å². The predicted molar refractivity (Wildman–Crippen MR) is 37.1 cm³/mol. The van der Waals surface area contributed by atoms with E-state index in [-0.39, 0.29) is 0 Å². The summed E-state index contributed by atoms with van der Waals surface area (Å²) in [7, 11) is 0. The summed E-state index contributed by atoms with van der Waals surface area (Å²) in [5.74, 6) is 2.45. The van der Waals surface area contributed by atoms with Crippen molar-refractivity contribution in [3.63, 3.8) is 0 Å². The van der Waals surface area contributed by atoms with Crippen LogP contribution in [0.1, 0.15) is 20.3 Å². The molecule has 0 aromatic heterocycles. The maximum absolute atomic E-state index is 5.03. The van der Waals surface area contributed by atoms with Crippen molar-refractivity contribution in [3.05, 3.63) is 0 Å². The minimum atomic E-state index is 0.798. The van der Waals surface area contributed by atoms with E-state index < -0.39 is 0 Å². The van der Waals surface area contributed by atoms with Crippen molar-refractivity contribution >= 4 is 5.71 Å². The molecular formula is C7H11N. The number of nitrogens with zero attached hydrogens (tertiary/aromatic N) is 1. The van der Waals surface area contributed by atoms with E-state index in [2.05, 4.69) is 17.8 Å². The van der Waals surface area contributed by atoms with Crippen LogP contribution in [0.3, 0.4) is 0 Å². The van der Waals surface area contributed by atoms with E-state index in [1.54, 1.807) is 0 Å². The number of aliphatic imine (C=N–C) groups is 1. The topological polar surface area (TPSA) is 12.4 Å². The average molecular weight is 109 g/mol. The summed E-state index contributed by atoms with van der Waals surface area (Å²) in [6.07, 6.45) is 6.10. The third-order valence-corrected chi connectivity index (χ3v) is 0.781. The second kappa shape index (κ2) is 4.39. The first-order chi connectivity index (χ1) is 3.81. The molecule has 0 atom stereocenters. The molecule has 0 saturated heterocycles. The van der Waals surface area contributed by atoms with Crippen LogP contribution < -0.4 is 0 Å². The zero-order valence-electron chi connectivity index (χ0n) is 5.44. The molecule has 1 nitrogen and oxygen atoms in total. The number of hydrogen-bond donors (Lipinski definition) is 0.